The van der Waals surface area contributed by atoms with E-state index >= 15 is 0 Å². The third kappa shape index (κ3) is 1.38. The highest BCUT2D eigenvalue weighted by Gasteiger charge is 2.25. The highest BCUT2D eigenvalue weighted by Crippen LogP contribution is 2.34. The van der Waals surface area contributed by atoms with Crippen LogP contribution in [0.15, 0.2) is 24.4 Å². The summed E-state index contributed by atoms with van der Waals surface area (Å²) < 4.78 is 2.03. The summed E-state index contributed by atoms with van der Waals surface area (Å²) in [6.07, 6.45) is 3.68. The average Bonchev–Trinajstić information content (AvgIpc) is 2.74. The highest BCUT2D eigenvalue weighted by molar-refractivity contribution is 6.42. The van der Waals surface area contributed by atoms with Crippen LogP contribution in [0.1, 0.15) is 35.3 Å². The van der Waals surface area contributed by atoms with Crippen molar-refractivity contribution in [3.05, 3.63) is 35.5 Å². The van der Waals surface area contributed by atoms with E-state index in [9.17, 15) is 9.59 Å². The molecule has 1 aromatic carbocycles. The Bertz CT molecular complexity index is 669. The first-order valence-corrected chi connectivity index (χ1v) is 5.99. The maximum atomic E-state index is 11.7. The van der Waals surface area contributed by atoms with Gasteiger partial charge in [0.2, 0.25) is 0 Å². The molecule has 1 aliphatic rings. The number of ketones is 1. The summed E-state index contributed by atoms with van der Waals surface area (Å²) in [5.41, 5.74) is 2.50. The summed E-state index contributed by atoms with van der Waals surface area (Å²) >= 11 is 0. The molecule has 2 heterocycles. The van der Waals surface area contributed by atoms with Crippen LogP contribution in [-0.2, 0) is 11.2 Å². The number of benzene rings is 1. The van der Waals surface area contributed by atoms with Gasteiger partial charge in [0.15, 0.2) is 0 Å². The van der Waals surface area contributed by atoms with E-state index in [0.717, 1.165) is 23.7 Å². The van der Waals surface area contributed by atoms with Crippen molar-refractivity contribution >= 4 is 22.7 Å². The summed E-state index contributed by atoms with van der Waals surface area (Å²) in [4.78, 5) is 22.6. The van der Waals surface area contributed by atoms with Gasteiger partial charge in [-0.15, -0.1) is 0 Å². The van der Waals surface area contributed by atoms with Crippen molar-refractivity contribution in [1.29, 1.82) is 0 Å². The van der Waals surface area contributed by atoms with Gasteiger partial charge in [-0.25, -0.2) is 4.79 Å². The number of rotatable bonds is 2. The molecule has 92 valence electrons. The number of hydrogen-bond donors (Lipinski definition) is 1. The molecule has 1 unspecified atom stereocenters. The number of Topliss-reactive ketones (excluding diaryl/α,β-unsaturated/α-hetero) is 1. The van der Waals surface area contributed by atoms with E-state index in [4.69, 9.17) is 5.11 Å². The number of carboxylic acids is 1. The molecule has 1 aliphatic heterocycles. The second-order valence-electron chi connectivity index (χ2n) is 4.79. The van der Waals surface area contributed by atoms with Gasteiger partial charge in [0.1, 0.15) is 0 Å². The summed E-state index contributed by atoms with van der Waals surface area (Å²) in [6, 6.07) is 6.05. The molecule has 4 heteroatoms. The molecule has 1 aromatic heterocycles. The number of aliphatic carboxylic acids is 1. The fourth-order valence-corrected chi connectivity index (χ4v) is 2.74. The SMILES string of the molecule is CC1CCc2cccc3c(C(=O)C(=O)O)cn1c23. The third-order valence-electron chi connectivity index (χ3n) is 3.68. The lowest BCUT2D eigenvalue weighted by Gasteiger charge is -2.22. The topological polar surface area (TPSA) is 59.3 Å². The number of carbonyl (C=O) groups is 2. The Balaban J connectivity index is 2.34. The molecule has 0 bridgehead atoms. The van der Waals surface area contributed by atoms with Crippen LogP contribution in [0, 0.1) is 0 Å². The Kier molecular flexibility index (Phi) is 2.26. The predicted octanol–water partition coefficient (Wildman–Crippen LogP) is 2.42. The van der Waals surface area contributed by atoms with Crippen molar-refractivity contribution in [3.8, 4) is 0 Å². The Morgan fingerprint density at radius 2 is 2.17 bits per heavy atom. The third-order valence-corrected chi connectivity index (χ3v) is 3.68. The normalized spacial score (nSPS) is 17.9. The summed E-state index contributed by atoms with van der Waals surface area (Å²) in [5.74, 6) is -2.23. The smallest absolute Gasteiger partial charge is 0.377 e. The van der Waals surface area contributed by atoms with E-state index in [-0.39, 0.29) is 0 Å². The molecule has 18 heavy (non-hydrogen) atoms. The number of hydrogen-bond acceptors (Lipinski definition) is 2. The van der Waals surface area contributed by atoms with E-state index in [0.29, 0.717) is 11.6 Å². The van der Waals surface area contributed by atoms with Gasteiger partial charge < -0.3 is 9.67 Å². The molecular weight excluding hydrogens is 230 g/mol. The van der Waals surface area contributed by atoms with E-state index in [1.165, 1.54) is 5.56 Å². The number of carbonyl (C=O) groups excluding carboxylic acids is 1. The van der Waals surface area contributed by atoms with Gasteiger partial charge in [0.05, 0.1) is 11.1 Å². The van der Waals surface area contributed by atoms with Crippen molar-refractivity contribution in [3.63, 3.8) is 0 Å². The Hall–Kier alpha value is -2.10. The highest BCUT2D eigenvalue weighted by atomic mass is 16.4. The molecule has 0 aliphatic carbocycles. The van der Waals surface area contributed by atoms with Crippen LogP contribution in [0.5, 0.6) is 0 Å². The summed E-state index contributed by atoms with van der Waals surface area (Å²) in [6.45, 7) is 2.09. The molecule has 0 amide bonds. The fourth-order valence-electron chi connectivity index (χ4n) is 2.74. The number of carboxylic acid groups (broad SMARTS) is 1. The van der Waals surface area contributed by atoms with Gasteiger partial charge in [-0.1, -0.05) is 18.2 Å². The maximum Gasteiger partial charge on any atom is 0.377 e. The van der Waals surface area contributed by atoms with Crippen LogP contribution >= 0.6 is 0 Å². The number of aryl methyl sites for hydroxylation is 1. The van der Waals surface area contributed by atoms with Crippen molar-refractivity contribution < 1.29 is 14.7 Å². The van der Waals surface area contributed by atoms with E-state index < -0.39 is 11.8 Å². The first kappa shape index (κ1) is 11.0. The molecule has 0 radical (unpaired) electrons. The zero-order valence-corrected chi connectivity index (χ0v) is 10.0. The van der Waals surface area contributed by atoms with E-state index in [1.807, 2.05) is 22.8 Å². The van der Waals surface area contributed by atoms with Gasteiger partial charge in [-0.3, -0.25) is 4.79 Å². The van der Waals surface area contributed by atoms with Gasteiger partial charge in [0, 0.05) is 17.6 Å². The molecule has 0 saturated heterocycles. The predicted molar refractivity (Wildman–Crippen MR) is 66.9 cm³/mol. The number of para-hydroxylation sites is 1. The lowest BCUT2D eigenvalue weighted by Crippen LogP contribution is -2.13. The molecule has 2 aromatic rings. The second kappa shape index (κ2) is 3.70. The minimum absolute atomic E-state index is 0.299. The Morgan fingerprint density at radius 1 is 1.39 bits per heavy atom. The molecule has 0 fully saturated rings. The molecule has 0 spiro atoms. The summed E-state index contributed by atoms with van der Waals surface area (Å²) in [5, 5.41) is 9.62. The van der Waals surface area contributed by atoms with Crippen LogP contribution in [0.4, 0.5) is 0 Å². The minimum Gasteiger partial charge on any atom is -0.475 e. The van der Waals surface area contributed by atoms with Crippen molar-refractivity contribution in [1.82, 2.24) is 4.57 Å². The van der Waals surface area contributed by atoms with E-state index in [2.05, 4.69) is 6.92 Å². The largest absolute Gasteiger partial charge is 0.475 e. The number of aromatic nitrogens is 1. The van der Waals surface area contributed by atoms with E-state index in [1.54, 1.807) is 6.20 Å². The standard InChI is InChI=1S/C14H13NO3/c1-8-5-6-9-3-2-4-10-11(13(16)14(17)18)7-15(8)12(9)10/h2-4,7-8H,5-6H2,1H3,(H,17,18). The summed E-state index contributed by atoms with van der Waals surface area (Å²) in [7, 11) is 0. The van der Waals surface area contributed by atoms with Gasteiger partial charge in [-0.05, 0) is 25.3 Å². The first-order valence-electron chi connectivity index (χ1n) is 5.99. The Labute approximate surface area is 104 Å². The maximum absolute atomic E-state index is 11.7. The monoisotopic (exact) mass is 243 g/mol. The fraction of sp³-hybridized carbons (Fsp3) is 0.286. The van der Waals surface area contributed by atoms with Crippen LogP contribution < -0.4 is 0 Å². The molecule has 1 atom stereocenters. The first-order chi connectivity index (χ1) is 8.59. The molecule has 0 saturated carbocycles. The molecule has 1 N–H and O–H groups in total. The lowest BCUT2D eigenvalue weighted by molar-refractivity contribution is -0.131. The van der Waals surface area contributed by atoms with Crippen LogP contribution in [0.25, 0.3) is 10.9 Å². The van der Waals surface area contributed by atoms with Crippen LogP contribution in [0.3, 0.4) is 0 Å². The zero-order chi connectivity index (χ0) is 12.9. The van der Waals surface area contributed by atoms with Gasteiger partial charge in [0.25, 0.3) is 5.78 Å². The lowest BCUT2D eigenvalue weighted by atomic mass is 9.98. The second-order valence-corrected chi connectivity index (χ2v) is 4.79. The molecular formula is C14H13NO3. The van der Waals surface area contributed by atoms with Crippen molar-refractivity contribution in [2.24, 2.45) is 0 Å². The molecule has 3 rings (SSSR count). The van der Waals surface area contributed by atoms with Crippen LogP contribution in [-0.4, -0.2) is 21.4 Å². The van der Waals surface area contributed by atoms with Gasteiger partial charge >= 0.3 is 5.97 Å². The zero-order valence-electron chi connectivity index (χ0n) is 10.0. The van der Waals surface area contributed by atoms with Gasteiger partial charge in [-0.2, -0.15) is 0 Å². The van der Waals surface area contributed by atoms with Crippen molar-refractivity contribution in [2.45, 2.75) is 25.8 Å². The number of nitrogens with zero attached hydrogens (tertiary/aromatic N) is 1. The quantitative estimate of drug-likeness (QED) is 0.651. The van der Waals surface area contributed by atoms with Crippen molar-refractivity contribution in [2.75, 3.05) is 0 Å². The minimum atomic E-state index is -1.40. The average molecular weight is 243 g/mol. The van der Waals surface area contributed by atoms with Crippen LogP contribution in [0.2, 0.25) is 0 Å². The Morgan fingerprint density at radius 3 is 2.89 bits per heavy atom. The molecule has 4 nitrogen and oxygen atoms in total.